The van der Waals surface area contributed by atoms with Gasteiger partial charge in [-0.25, -0.2) is 4.98 Å². The number of likely N-dealkylation sites (N-methyl/N-ethyl adjacent to an activating group) is 1. The van der Waals surface area contributed by atoms with E-state index in [1.54, 1.807) is 0 Å². The molecule has 1 aromatic heterocycles. The highest BCUT2D eigenvalue weighted by Gasteiger charge is 2.11. The maximum atomic E-state index is 4.44. The minimum atomic E-state index is 0.581. The summed E-state index contributed by atoms with van der Waals surface area (Å²) in [4.78, 5) is 4.44. The van der Waals surface area contributed by atoms with Gasteiger partial charge in [-0.1, -0.05) is 26.7 Å². The fourth-order valence-electron chi connectivity index (χ4n) is 2.05. The standard InChI is InChI=1S/C13H25N3/c1-4-7-8-12(14-5-2)11-13-15-9-10-16(13)6-3/h9-10,12,14H,4-8,11H2,1-3H3. The first-order valence-electron chi connectivity index (χ1n) is 6.55. The van der Waals surface area contributed by atoms with Crippen LogP contribution in [0.15, 0.2) is 12.4 Å². The number of nitrogens with one attached hydrogen (secondary N) is 1. The summed E-state index contributed by atoms with van der Waals surface area (Å²) in [5.74, 6) is 1.21. The zero-order valence-electron chi connectivity index (χ0n) is 10.9. The van der Waals surface area contributed by atoms with Gasteiger partial charge in [-0.05, 0) is 19.9 Å². The minimum Gasteiger partial charge on any atom is -0.335 e. The molecule has 0 aliphatic heterocycles. The number of rotatable bonds is 8. The van der Waals surface area contributed by atoms with Gasteiger partial charge in [0.05, 0.1) is 0 Å². The van der Waals surface area contributed by atoms with E-state index in [-0.39, 0.29) is 0 Å². The van der Waals surface area contributed by atoms with Gasteiger partial charge in [0.1, 0.15) is 5.82 Å². The second-order valence-electron chi connectivity index (χ2n) is 4.23. The molecule has 3 nitrogen and oxygen atoms in total. The molecule has 0 saturated carbocycles. The minimum absolute atomic E-state index is 0.581. The van der Waals surface area contributed by atoms with Crippen molar-refractivity contribution >= 4 is 0 Å². The third-order valence-electron chi connectivity index (χ3n) is 2.97. The number of hydrogen-bond acceptors (Lipinski definition) is 2. The van der Waals surface area contributed by atoms with Gasteiger partial charge >= 0.3 is 0 Å². The van der Waals surface area contributed by atoms with Crippen LogP contribution in [0.5, 0.6) is 0 Å². The van der Waals surface area contributed by atoms with Crippen molar-refractivity contribution < 1.29 is 0 Å². The Morgan fingerprint density at radius 2 is 2.19 bits per heavy atom. The van der Waals surface area contributed by atoms with Crippen molar-refractivity contribution in [3.8, 4) is 0 Å². The lowest BCUT2D eigenvalue weighted by Gasteiger charge is -2.17. The molecule has 16 heavy (non-hydrogen) atoms. The van der Waals surface area contributed by atoms with Gasteiger partial charge in [0, 0.05) is 31.4 Å². The van der Waals surface area contributed by atoms with Crippen molar-refractivity contribution in [3.63, 3.8) is 0 Å². The van der Waals surface area contributed by atoms with Crippen molar-refractivity contribution in [2.75, 3.05) is 6.54 Å². The summed E-state index contributed by atoms with van der Waals surface area (Å²) in [6.45, 7) is 8.64. The molecule has 0 fully saturated rings. The molecular weight excluding hydrogens is 198 g/mol. The van der Waals surface area contributed by atoms with Gasteiger partial charge < -0.3 is 9.88 Å². The van der Waals surface area contributed by atoms with Gasteiger partial charge in [-0.15, -0.1) is 0 Å². The predicted octanol–water partition coefficient (Wildman–Crippen LogP) is 2.61. The van der Waals surface area contributed by atoms with Crippen LogP contribution in [0.2, 0.25) is 0 Å². The first-order chi connectivity index (χ1) is 7.81. The molecule has 0 aliphatic rings. The Balaban J connectivity index is 2.52. The Hall–Kier alpha value is -0.830. The molecule has 1 aromatic rings. The molecule has 0 bridgehead atoms. The normalized spacial score (nSPS) is 12.9. The summed E-state index contributed by atoms with van der Waals surface area (Å²) in [6.07, 6.45) is 8.84. The number of imidazole rings is 1. The smallest absolute Gasteiger partial charge is 0.110 e. The summed E-state index contributed by atoms with van der Waals surface area (Å²) in [5.41, 5.74) is 0. The van der Waals surface area contributed by atoms with Crippen LogP contribution in [0.4, 0.5) is 0 Å². The highest BCUT2D eigenvalue weighted by atomic mass is 15.1. The van der Waals surface area contributed by atoms with Crippen molar-refractivity contribution in [2.45, 2.75) is 59.0 Å². The van der Waals surface area contributed by atoms with Gasteiger partial charge in [0.15, 0.2) is 0 Å². The summed E-state index contributed by atoms with van der Waals surface area (Å²) >= 11 is 0. The zero-order chi connectivity index (χ0) is 11.8. The Labute approximate surface area is 99.3 Å². The van der Waals surface area contributed by atoms with Crippen LogP contribution >= 0.6 is 0 Å². The van der Waals surface area contributed by atoms with Crippen LogP contribution in [0.25, 0.3) is 0 Å². The molecule has 3 heteroatoms. The third-order valence-corrected chi connectivity index (χ3v) is 2.97. The van der Waals surface area contributed by atoms with Crippen LogP contribution in [-0.2, 0) is 13.0 Å². The number of nitrogens with zero attached hydrogens (tertiary/aromatic N) is 2. The molecule has 0 saturated heterocycles. The molecule has 1 N–H and O–H groups in total. The topological polar surface area (TPSA) is 29.9 Å². The SMILES string of the molecule is CCCCC(Cc1nccn1CC)NCC. The molecule has 0 aromatic carbocycles. The van der Waals surface area contributed by atoms with Gasteiger partial charge in [0.2, 0.25) is 0 Å². The van der Waals surface area contributed by atoms with E-state index in [0.29, 0.717) is 6.04 Å². The highest BCUT2D eigenvalue weighted by Crippen LogP contribution is 2.08. The van der Waals surface area contributed by atoms with E-state index in [4.69, 9.17) is 0 Å². The molecule has 1 rings (SSSR count). The first kappa shape index (κ1) is 13.2. The average molecular weight is 223 g/mol. The van der Waals surface area contributed by atoms with Crippen LogP contribution in [0.1, 0.15) is 45.9 Å². The lowest BCUT2D eigenvalue weighted by molar-refractivity contribution is 0.458. The molecule has 0 radical (unpaired) electrons. The highest BCUT2D eigenvalue weighted by molar-refractivity contribution is 4.95. The third kappa shape index (κ3) is 3.97. The lowest BCUT2D eigenvalue weighted by Crippen LogP contribution is -2.31. The maximum absolute atomic E-state index is 4.44. The zero-order valence-corrected chi connectivity index (χ0v) is 10.9. The molecule has 1 heterocycles. The second-order valence-corrected chi connectivity index (χ2v) is 4.23. The quantitative estimate of drug-likeness (QED) is 0.734. The molecule has 1 unspecified atom stereocenters. The predicted molar refractivity (Wildman–Crippen MR) is 68.6 cm³/mol. The van der Waals surface area contributed by atoms with E-state index < -0.39 is 0 Å². The molecule has 0 spiro atoms. The van der Waals surface area contributed by atoms with Gasteiger partial charge in [-0.2, -0.15) is 0 Å². The molecular formula is C13H25N3. The summed E-state index contributed by atoms with van der Waals surface area (Å²) < 4.78 is 2.23. The van der Waals surface area contributed by atoms with E-state index in [2.05, 4.69) is 41.8 Å². The van der Waals surface area contributed by atoms with Crippen molar-refractivity contribution in [1.29, 1.82) is 0 Å². The fourth-order valence-corrected chi connectivity index (χ4v) is 2.05. The van der Waals surface area contributed by atoms with Gasteiger partial charge in [-0.3, -0.25) is 0 Å². The Bertz CT molecular complexity index is 280. The van der Waals surface area contributed by atoms with Crippen LogP contribution < -0.4 is 5.32 Å². The van der Waals surface area contributed by atoms with E-state index in [1.165, 1.54) is 25.1 Å². The fraction of sp³-hybridized carbons (Fsp3) is 0.769. The van der Waals surface area contributed by atoms with E-state index >= 15 is 0 Å². The van der Waals surface area contributed by atoms with E-state index in [1.807, 2.05) is 6.20 Å². The largest absolute Gasteiger partial charge is 0.335 e. The molecule has 0 aliphatic carbocycles. The number of aryl methyl sites for hydroxylation is 1. The first-order valence-corrected chi connectivity index (χ1v) is 6.55. The maximum Gasteiger partial charge on any atom is 0.110 e. The monoisotopic (exact) mass is 223 g/mol. The summed E-state index contributed by atoms with van der Waals surface area (Å²) in [6, 6.07) is 0.581. The van der Waals surface area contributed by atoms with E-state index in [0.717, 1.165) is 19.5 Å². The van der Waals surface area contributed by atoms with E-state index in [9.17, 15) is 0 Å². The summed E-state index contributed by atoms with van der Waals surface area (Å²) in [7, 11) is 0. The van der Waals surface area contributed by atoms with Gasteiger partial charge in [0.25, 0.3) is 0 Å². The number of hydrogen-bond donors (Lipinski definition) is 1. The Morgan fingerprint density at radius 3 is 2.81 bits per heavy atom. The Morgan fingerprint density at radius 1 is 1.38 bits per heavy atom. The lowest BCUT2D eigenvalue weighted by atomic mass is 10.1. The van der Waals surface area contributed by atoms with Crippen molar-refractivity contribution in [1.82, 2.24) is 14.9 Å². The number of aromatic nitrogens is 2. The number of unbranched alkanes of at least 4 members (excludes halogenated alkanes) is 1. The van der Waals surface area contributed by atoms with Crippen LogP contribution in [-0.4, -0.2) is 22.1 Å². The average Bonchev–Trinajstić information content (AvgIpc) is 2.73. The Kier molecular flexibility index (Phi) is 6.16. The molecule has 0 amide bonds. The van der Waals surface area contributed by atoms with Crippen molar-refractivity contribution in [2.24, 2.45) is 0 Å². The van der Waals surface area contributed by atoms with Crippen molar-refractivity contribution in [3.05, 3.63) is 18.2 Å². The summed E-state index contributed by atoms with van der Waals surface area (Å²) in [5, 5.41) is 3.55. The van der Waals surface area contributed by atoms with Crippen LogP contribution in [0, 0.1) is 0 Å². The molecule has 1 atom stereocenters. The second kappa shape index (κ2) is 7.44. The van der Waals surface area contributed by atoms with Crippen LogP contribution in [0.3, 0.4) is 0 Å². The molecule has 92 valence electrons.